The van der Waals surface area contributed by atoms with E-state index in [4.69, 9.17) is 4.42 Å². The number of halogens is 1. The zero-order chi connectivity index (χ0) is 21.4. The van der Waals surface area contributed by atoms with Gasteiger partial charge in [0, 0.05) is 24.3 Å². The standard InChI is InChI=1S/C23H21FN4O3/c24-17-8-6-16(7-9-17)20-19(26-15-31-20)21(29)27-12-10-23(11-13-27)22(30)25-14-28(23)18-4-2-1-3-5-18/h1-9,15H,10-14H2,(H,25,30). The van der Waals surface area contributed by atoms with E-state index < -0.39 is 5.54 Å². The van der Waals surface area contributed by atoms with E-state index in [1.54, 1.807) is 17.0 Å². The summed E-state index contributed by atoms with van der Waals surface area (Å²) in [5.74, 6) is -0.311. The Morgan fingerprint density at radius 3 is 2.48 bits per heavy atom. The fourth-order valence-electron chi connectivity index (χ4n) is 4.47. The van der Waals surface area contributed by atoms with Crippen molar-refractivity contribution in [3.8, 4) is 11.3 Å². The van der Waals surface area contributed by atoms with E-state index in [-0.39, 0.29) is 23.3 Å². The van der Waals surface area contributed by atoms with Crippen LogP contribution in [0.5, 0.6) is 0 Å². The number of carbonyl (C=O) groups excluding carboxylic acids is 2. The molecule has 2 aromatic carbocycles. The molecule has 0 saturated carbocycles. The van der Waals surface area contributed by atoms with Crippen molar-refractivity contribution >= 4 is 17.5 Å². The number of para-hydroxylation sites is 1. The zero-order valence-electron chi connectivity index (χ0n) is 16.8. The molecular weight excluding hydrogens is 399 g/mol. The lowest BCUT2D eigenvalue weighted by Crippen LogP contribution is -2.57. The number of rotatable bonds is 3. The van der Waals surface area contributed by atoms with E-state index >= 15 is 0 Å². The molecule has 158 valence electrons. The minimum absolute atomic E-state index is 0.00288. The van der Waals surface area contributed by atoms with Gasteiger partial charge in [-0.3, -0.25) is 9.59 Å². The Hall–Kier alpha value is -3.68. The molecule has 8 heteroatoms. The van der Waals surface area contributed by atoms with Crippen LogP contribution in [0.1, 0.15) is 23.3 Å². The Kier molecular flexibility index (Phi) is 4.69. The third-order valence-electron chi connectivity index (χ3n) is 6.16. The van der Waals surface area contributed by atoms with E-state index in [2.05, 4.69) is 15.2 Å². The molecule has 0 bridgehead atoms. The van der Waals surface area contributed by atoms with Gasteiger partial charge in [-0.05, 0) is 49.2 Å². The molecule has 2 fully saturated rings. The quantitative estimate of drug-likeness (QED) is 0.705. The lowest BCUT2D eigenvalue weighted by Gasteiger charge is -2.43. The Bertz CT molecular complexity index is 1110. The van der Waals surface area contributed by atoms with Crippen LogP contribution in [0.15, 0.2) is 65.4 Å². The Labute approximate surface area is 178 Å². The van der Waals surface area contributed by atoms with Gasteiger partial charge in [0.1, 0.15) is 11.4 Å². The molecule has 1 aromatic heterocycles. The molecule has 7 nitrogen and oxygen atoms in total. The number of hydrogen-bond acceptors (Lipinski definition) is 5. The van der Waals surface area contributed by atoms with Crippen LogP contribution in [-0.4, -0.2) is 47.0 Å². The average Bonchev–Trinajstić information content (AvgIpc) is 3.41. The maximum atomic E-state index is 13.3. The SMILES string of the molecule is O=C(c1ncoc1-c1ccc(F)cc1)N1CCC2(CC1)C(=O)NCN2c1ccccc1. The molecule has 31 heavy (non-hydrogen) atoms. The van der Waals surface area contributed by atoms with Gasteiger partial charge >= 0.3 is 0 Å². The fourth-order valence-corrected chi connectivity index (χ4v) is 4.47. The number of piperidine rings is 1. The molecule has 2 saturated heterocycles. The van der Waals surface area contributed by atoms with Crippen LogP contribution in [0.2, 0.25) is 0 Å². The van der Waals surface area contributed by atoms with Gasteiger partial charge < -0.3 is 19.5 Å². The maximum absolute atomic E-state index is 13.3. The maximum Gasteiger partial charge on any atom is 0.276 e. The monoisotopic (exact) mass is 420 g/mol. The molecule has 0 aliphatic carbocycles. The number of nitrogens with one attached hydrogen (secondary N) is 1. The van der Waals surface area contributed by atoms with Gasteiger partial charge in [-0.1, -0.05) is 18.2 Å². The van der Waals surface area contributed by atoms with Gasteiger partial charge in [0.05, 0.1) is 6.67 Å². The Balaban J connectivity index is 1.35. The van der Waals surface area contributed by atoms with Crippen LogP contribution < -0.4 is 10.2 Å². The number of likely N-dealkylation sites (tertiary alicyclic amines) is 1. The van der Waals surface area contributed by atoms with Crippen LogP contribution >= 0.6 is 0 Å². The second kappa shape index (κ2) is 7.54. The number of aromatic nitrogens is 1. The predicted octanol–water partition coefficient (Wildman–Crippen LogP) is 3.05. The second-order valence-corrected chi connectivity index (χ2v) is 7.79. The number of hydrogen-bond donors (Lipinski definition) is 1. The highest BCUT2D eigenvalue weighted by atomic mass is 19.1. The first kappa shape index (κ1) is 19.3. The highest BCUT2D eigenvalue weighted by molar-refractivity contribution is 5.98. The number of carbonyl (C=O) groups is 2. The first-order valence-electron chi connectivity index (χ1n) is 10.2. The van der Waals surface area contributed by atoms with Gasteiger partial charge in [-0.25, -0.2) is 9.37 Å². The molecule has 1 spiro atoms. The van der Waals surface area contributed by atoms with Crippen LogP contribution in [-0.2, 0) is 4.79 Å². The van der Waals surface area contributed by atoms with Gasteiger partial charge in [-0.15, -0.1) is 0 Å². The molecule has 1 N–H and O–H groups in total. The number of anilines is 1. The van der Waals surface area contributed by atoms with Crippen molar-refractivity contribution in [1.29, 1.82) is 0 Å². The van der Waals surface area contributed by atoms with E-state index in [1.807, 2.05) is 30.3 Å². The lowest BCUT2D eigenvalue weighted by molar-refractivity contribution is -0.124. The topological polar surface area (TPSA) is 78.7 Å². The van der Waals surface area contributed by atoms with E-state index in [0.717, 1.165) is 5.69 Å². The number of nitrogens with zero attached hydrogens (tertiary/aromatic N) is 3. The minimum atomic E-state index is -0.665. The predicted molar refractivity (Wildman–Crippen MR) is 112 cm³/mol. The highest BCUT2D eigenvalue weighted by Crippen LogP contribution is 2.36. The number of amides is 2. The van der Waals surface area contributed by atoms with Crippen LogP contribution in [0.25, 0.3) is 11.3 Å². The largest absolute Gasteiger partial charge is 0.443 e. The summed E-state index contributed by atoms with van der Waals surface area (Å²) in [6.45, 7) is 1.30. The average molecular weight is 420 g/mol. The molecule has 0 atom stereocenters. The number of oxazole rings is 1. The third-order valence-corrected chi connectivity index (χ3v) is 6.16. The van der Waals surface area contributed by atoms with Crippen LogP contribution in [0.3, 0.4) is 0 Å². The highest BCUT2D eigenvalue weighted by Gasteiger charge is 2.51. The third kappa shape index (κ3) is 3.24. The second-order valence-electron chi connectivity index (χ2n) is 7.79. The summed E-state index contributed by atoms with van der Waals surface area (Å²) in [6.07, 6.45) is 2.26. The molecule has 2 amide bonds. The molecule has 0 radical (unpaired) electrons. The van der Waals surface area contributed by atoms with Crippen molar-refractivity contribution in [2.45, 2.75) is 18.4 Å². The Morgan fingerprint density at radius 1 is 1.06 bits per heavy atom. The first-order chi connectivity index (χ1) is 15.1. The molecule has 3 aromatic rings. The van der Waals surface area contributed by atoms with E-state index in [9.17, 15) is 14.0 Å². The smallest absolute Gasteiger partial charge is 0.276 e. The summed E-state index contributed by atoms with van der Waals surface area (Å²) in [5.41, 5.74) is 1.09. The van der Waals surface area contributed by atoms with Crippen molar-refractivity contribution in [2.24, 2.45) is 0 Å². The molecule has 2 aliphatic heterocycles. The van der Waals surface area contributed by atoms with Crippen molar-refractivity contribution in [2.75, 3.05) is 24.7 Å². The zero-order valence-corrected chi connectivity index (χ0v) is 16.8. The summed E-state index contributed by atoms with van der Waals surface area (Å²) in [7, 11) is 0. The van der Waals surface area contributed by atoms with Gasteiger partial charge in [0.15, 0.2) is 17.8 Å². The Morgan fingerprint density at radius 2 is 1.77 bits per heavy atom. The molecule has 3 heterocycles. The van der Waals surface area contributed by atoms with Crippen LogP contribution in [0, 0.1) is 5.82 Å². The summed E-state index contributed by atoms with van der Waals surface area (Å²) in [6, 6.07) is 15.6. The van der Waals surface area contributed by atoms with E-state index in [1.165, 1.54) is 18.5 Å². The number of benzene rings is 2. The summed E-state index contributed by atoms with van der Waals surface area (Å²) < 4.78 is 18.7. The minimum Gasteiger partial charge on any atom is -0.443 e. The lowest BCUT2D eigenvalue weighted by atomic mass is 9.85. The molecular formula is C23H21FN4O3. The summed E-state index contributed by atoms with van der Waals surface area (Å²) in [4.78, 5) is 33.9. The molecule has 2 aliphatic rings. The van der Waals surface area contributed by atoms with Crippen LogP contribution in [0.4, 0.5) is 10.1 Å². The van der Waals surface area contributed by atoms with Crippen molar-refractivity contribution in [3.05, 3.63) is 72.5 Å². The molecule has 0 unspecified atom stereocenters. The summed E-state index contributed by atoms with van der Waals surface area (Å²) in [5, 5.41) is 2.96. The molecule has 5 rings (SSSR count). The normalized spacial score (nSPS) is 17.8. The van der Waals surface area contributed by atoms with Crippen molar-refractivity contribution in [3.63, 3.8) is 0 Å². The fraction of sp³-hybridized carbons (Fsp3) is 0.261. The van der Waals surface area contributed by atoms with Crippen molar-refractivity contribution < 1.29 is 18.4 Å². The van der Waals surface area contributed by atoms with Gasteiger partial charge in [0.25, 0.3) is 5.91 Å². The summed E-state index contributed by atoms with van der Waals surface area (Å²) >= 11 is 0. The first-order valence-corrected chi connectivity index (χ1v) is 10.2. The van der Waals surface area contributed by atoms with Gasteiger partial charge in [0.2, 0.25) is 5.91 Å². The van der Waals surface area contributed by atoms with Crippen molar-refractivity contribution in [1.82, 2.24) is 15.2 Å². The van der Waals surface area contributed by atoms with Gasteiger partial charge in [-0.2, -0.15) is 0 Å². The van der Waals surface area contributed by atoms with E-state index in [0.29, 0.717) is 43.9 Å².